The third-order valence-corrected chi connectivity index (χ3v) is 5.73. The fourth-order valence-electron chi connectivity index (χ4n) is 3.28. The summed E-state index contributed by atoms with van der Waals surface area (Å²) in [5, 5.41) is 17.2. The highest BCUT2D eigenvalue weighted by Gasteiger charge is 2.11. The highest BCUT2D eigenvalue weighted by Crippen LogP contribution is 2.27. The summed E-state index contributed by atoms with van der Waals surface area (Å²) >= 11 is 1.68. The highest BCUT2D eigenvalue weighted by atomic mass is 32.2. The summed E-state index contributed by atoms with van der Waals surface area (Å²) in [6, 6.07) is 26.4. The van der Waals surface area contributed by atoms with Crippen molar-refractivity contribution in [2.45, 2.75) is 17.1 Å². The number of nitrogens with zero attached hydrogens (tertiary/aromatic N) is 4. The predicted octanol–water partition coefficient (Wildman–Crippen LogP) is 4.87. The monoisotopic (exact) mass is 398 g/mol. The molecule has 5 aromatic rings. The standard InChI is InChI=1S/C23H18N4OS/c28-22-14-19(15-29-20-11-10-17-8-4-5-9-18(17)13-20)24-23-25-21(26-27(22)23)12-16-6-2-1-3-7-16/h1-11,13-14,28H,12,15H2. The predicted molar refractivity (Wildman–Crippen MR) is 115 cm³/mol. The molecular formula is C23H18N4OS. The summed E-state index contributed by atoms with van der Waals surface area (Å²) in [6.07, 6.45) is 0.602. The van der Waals surface area contributed by atoms with E-state index < -0.39 is 0 Å². The second kappa shape index (κ2) is 7.56. The Morgan fingerprint density at radius 2 is 1.62 bits per heavy atom. The van der Waals surface area contributed by atoms with Crippen molar-refractivity contribution in [1.82, 2.24) is 19.6 Å². The van der Waals surface area contributed by atoms with Crippen molar-refractivity contribution in [2.24, 2.45) is 0 Å². The molecule has 0 bridgehead atoms. The van der Waals surface area contributed by atoms with Gasteiger partial charge in [0.2, 0.25) is 5.88 Å². The lowest BCUT2D eigenvalue weighted by Gasteiger charge is -2.05. The Bertz CT molecular complexity index is 1300. The molecule has 1 N–H and O–H groups in total. The molecule has 2 aromatic heterocycles. The van der Waals surface area contributed by atoms with Crippen LogP contribution in [0.25, 0.3) is 16.6 Å². The Morgan fingerprint density at radius 1 is 0.828 bits per heavy atom. The van der Waals surface area contributed by atoms with Crippen molar-refractivity contribution in [3.63, 3.8) is 0 Å². The van der Waals surface area contributed by atoms with Crippen LogP contribution in [0.4, 0.5) is 0 Å². The van der Waals surface area contributed by atoms with Gasteiger partial charge in [-0.25, -0.2) is 4.98 Å². The van der Waals surface area contributed by atoms with E-state index in [4.69, 9.17) is 0 Å². The molecule has 5 rings (SSSR count). The van der Waals surface area contributed by atoms with E-state index in [0.717, 1.165) is 16.2 Å². The summed E-state index contributed by atoms with van der Waals surface area (Å²) in [7, 11) is 0. The molecule has 0 fully saturated rings. The van der Waals surface area contributed by atoms with Crippen LogP contribution in [-0.4, -0.2) is 24.7 Å². The van der Waals surface area contributed by atoms with E-state index in [-0.39, 0.29) is 5.88 Å². The first-order chi connectivity index (χ1) is 14.2. The minimum Gasteiger partial charge on any atom is -0.493 e. The Labute approximate surface area is 172 Å². The van der Waals surface area contributed by atoms with Crippen LogP contribution in [-0.2, 0) is 12.2 Å². The van der Waals surface area contributed by atoms with Gasteiger partial charge in [-0.1, -0.05) is 60.7 Å². The average Bonchev–Trinajstić information content (AvgIpc) is 3.16. The number of thioether (sulfide) groups is 1. The van der Waals surface area contributed by atoms with Crippen molar-refractivity contribution in [2.75, 3.05) is 0 Å². The van der Waals surface area contributed by atoms with Crippen molar-refractivity contribution < 1.29 is 5.11 Å². The van der Waals surface area contributed by atoms with E-state index in [2.05, 4.69) is 45.4 Å². The van der Waals surface area contributed by atoms with Gasteiger partial charge in [-0.3, -0.25) is 0 Å². The first-order valence-corrected chi connectivity index (χ1v) is 10.3. The Hall–Kier alpha value is -3.38. The first-order valence-electron chi connectivity index (χ1n) is 9.35. The fourth-order valence-corrected chi connectivity index (χ4v) is 4.12. The van der Waals surface area contributed by atoms with Crippen LogP contribution in [0.3, 0.4) is 0 Å². The molecule has 0 radical (unpaired) electrons. The lowest BCUT2D eigenvalue weighted by Crippen LogP contribution is -1.96. The molecule has 0 aliphatic rings. The van der Waals surface area contributed by atoms with Crippen LogP contribution in [0.5, 0.6) is 5.88 Å². The molecule has 0 atom stereocenters. The Kier molecular flexibility index (Phi) is 4.62. The van der Waals surface area contributed by atoms with Crippen LogP contribution < -0.4 is 0 Å². The van der Waals surface area contributed by atoms with Crippen LogP contribution in [0, 0.1) is 0 Å². The third-order valence-electron chi connectivity index (χ3n) is 4.70. The second-order valence-corrected chi connectivity index (χ2v) is 7.85. The van der Waals surface area contributed by atoms with Gasteiger partial charge >= 0.3 is 0 Å². The van der Waals surface area contributed by atoms with Gasteiger partial charge in [0.25, 0.3) is 5.78 Å². The summed E-state index contributed by atoms with van der Waals surface area (Å²) in [5.41, 5.74) is 1.89. The van der Waals surface area contributed by atoms with Crippen LogP contribution >= 0.6 is 11.8 Å². The summed E-state index contributed by atoms with van der Waals surface area (Å²) in [4.78, 5) is 10.2. The number of aromatic hydroxyl groups is 1. The van der Waals surface area contributed by atoms with E-state index in [9.17, 15) is 5.11 Å². The van der Waals surface area contributed by atoms with E-state index >= 15 is 0 Å². The number of hydrogen-bond acceptors (Lipinski definition) is 5. The molecule has 3 aromatic carbocycles. The maximum absolute atomic E-state index is 10.4. The minimum atomic E-state index is 0.0518. The largest absolute Gasteiger partial charge is 0.493 e. The number of hydrogen-bond donors (Lipinski definition) is 1. The van der Waals surface area contributed by atoms with Gasteiger partial charge in [0.15, 0.2) is 5.82 Å². The lowest BCUT2D eigenvalue weighted by atomic mass is 10.1. The van der Waals surface area contributed by atoms with Gasteiger partial charge in [-0.2, -0.15) is 9.50 Å². The molecular weight excluding hydrogens is 380 g/mol. The molecule has 0 saturated carbocycles. The zero-order valence-corrected chi connectivity index (χ0v) is 16.4. The quantitative estimate of drug-likeness (QED) is 0.428. The zero-order chi connectivity index (χ0) is 19.6. The van der Waals surface area contributed by atoms with Crippen molar-refractivity contribution in [3.05, 3.63) is 95.9 Å². The van der Waals surface area contributed by atoms with E-state index in [1.165, 1.54) is 15.3 Å². The SMILES string of the molecule is Oc1cc(CSc2ccc3ccccc3c2)nc2nc(Cc3ccccc3)nn12. The number of rotatable bonds is 5. The smallest absolute Gasteiger partial charge is 0.255 e. The van der Waals surface area contributed by atoms with E-state index in [1.54, 1.807) is 17.8 Å². The maximum Gasteiger partial charge on any atom is 0.255 e. The molecule has 2 heterocycles. The topological polar surface area (TPSA) is 63.3 Å². The maximum atomic E-state index is 10.4. The zero-order valence-electron chi connectivity index (χ0n) is 15.6. The molecule has 5 nitrogen and oxygen atoms in total. The summed E-state index contributed by atoms with van der Waals surface area (Å²) < 4.78 is 1.39. The molecule has 0 aliphatic carbocycles. The average molecular weight is 398 g/mol. The summed E-state index contributed by atoms with van der Waals surface area (Å²) in [6.45, 7) is 0. The van der Waals surface area contributed by atoms with Crippen LogP contribution in [0.2, 0.25) is 0 Å². The normalized spacial score (nSPS) is 11.3. The molecule has 142 valence electrons. The van der Waals surface area contributed by atoms with Gasteiger partial charge in [-0.15, -0.1) is 16.9 Å². The molecule has 0 saturated heterocycles. The highest BCUT2D eigenvalue weighted by molar-refractivity contribution is 7.98. The lowest BCUT2D eigenvalue weighted by molar-refractivity contribution is 0.434. The van der Waals surface area contributed by atoms with Crippen molar-refractivity contribution in [1.29, 1.82) is 0 Å². The molecule has 0 spiro atoms. The van der Waals surface area contributed by atoms with Gasteiger partial charge in [0, 0.05) is 23.1 Å². The Morgan fingerprint density at radius 3 is 2.48 bits per heavy atom. The number of aromatic nitrogens is 4. The minimum absolute atomic E-state index is 0.0518. The molecule has 0 unspecified atom stereocenters. The Balaban J connectivity index is 1.37. The van der Waals surface area contributed by atoms with Gasteiger partial charge < -0.3 is 5.11 Å². The molecule has 0 aliphatic heterocycles. The summed E-state index contributed by atoms with van der Waals surface area (Å²) in [5.74, 6) is 1.75. The first kappa shape index (κ1) is 17.7. The molecule has 29 heavy (non-hydrogen) atoms. The molecule has 6 heteroatoms. The molecule has 0 amide bonds. The van der Waals surface area contributed by atoms with E-state index in [0.29, 0.717) is 23.8 Å². The van der Waals surface area contributed by atoms with Gasteiger partial charge in [0.1, 0.15) is 0 Å². The number of fused-ring (bicyclic) bond motifs is 2. The van der Waals surface area contributed by atoms with Crippen LogP contribution in [0.1, 0.15) is 17.1 Å². The van der Waals surface area contributed by atoms with E-state index in [1.807, 2.05) is 42.5 Å². The fraction of sp³-hybridized carbons (Fsp3) is 0.0870. The van der Waals surface area contributed by atoms with Crippen LogP contribution in [0.15, 0.2) is 83.8 Å². The van der Waals surface area contributed by atoms with Gasteiger partial charge in [-0.05, 0) is 28.5 Å². The van der Waals surface area contributed by atoms with Gasteiger partial charge in [0.05, 0.1) is 5.69 Å². The second-order valence-electron chi connectivity index (χ2n) is 6.81. The van der Waals surface area contributed by atoms with Crippen molar-refractivity contribution >= 4 is 28.3 Å². The third kappa shape index (κ3) is 3.79. The number of benzene rings is 3. The van der Waals surface area contributed by atoms with Crippen molar-refractivity contribution in [3.8, 4) is 5.88 Å².